The highest BCUT2D eigenvalue weighted by Gasteiger charge is 2.09. The largest absolute Gasteiger partial charge is 0.454 e. The van der Waals surface area contributed by atoms with Crippen molar-refractivity contribution in [2.75, 3.05) is 5.32 Å². The van der Waals surface area contributed by atoms with Gasteiger partial charge in [-0.3, -0.25) is 0 Å². The van der Waals surface area contributed by atoms with Gasteiger partial charge in [0.15, 0.2) is 16.7 Å². The third kappa shape index (κ3) is 3.27. The Bertz CT molecular complexity index is 1050. The smallest absolute Gasteiger partial charge is 0.188 e. The summed E-state index contributed by atoms with van der Waals surface area (Å²) in [6, 6.07) is 11.6. The third-order valence-corrected chi connectivity index (χ3v) is 4.39. The number of aromatic nitrogens is 3. The number of hydrogen-bond acceptors (Lipinski definition) is 6. The second kappa shape index (κ2) is 6.45. The van der Waals surface area contributed by atoms with Gasteiger partial charge in [-0.25, -0.2) is 19.3 Å². The number of ether oxygens (including phenoxy) is 1. The van der Waals surface area contributed by atoms with Crippen LogP contribution in [-0.2, 0) is 0 Å². The summed E-state index contributed by atoms with van der Waals surface area (Å²) in [6.45, 7) is 1.93. The summed E-state index contributed by atoms with van der Waals surface area (Å²) < 4.78 is 19.4. The fourth-order valence-corrected chi connectivity index (χ4v) is 3.05. The predicted octanol–water partition coefficient (Wildman–Crippen LogP) is 5.07. The number of hydrogen-bond donors (Lipinski definition) is 1. The van der Waals surface area contributed by atoms with Gasteiger partial charge in [-0.15, -0.1) is 11.3 Å². The summed E-state index contributed by atoms with van der Waals surface area (Å²) in [4.78, 5) is 12.9. The molecule has 4 aromatic rings. The molecule has 0 aliphatic carbocycles. The molecule has 2 heterocycles. The average Bonchev–Trinajstić information content (AvgIpc) is 3.02. The van der Waals surface area contributed by atoms with E-state index in [0.29, 0.717) is 11.6 Å². The quantitative estimate of drug-likeness (QED) is 0.556. The van der Waals surface area contributed by atoms with Crippen LogP contribution in [0.1, 0.15) is 5.69 Å². The van der Waals surface area contributed by atoms with E-state index in [0.717, 1.165) is 21.7 Å². The molecule has 5 nitrogen and oxygen atoms in total. The fourth-order valence-electron chi connectivity index (χ4n) is 2.37. The Morgan fingerprint density at radius 3 is 2.80 bits per heavy atom. The highest BCUT2D eigenvalue weighted by molar-refractivity contribution is 7.13. The van der Waals surface area contributed by atoms with E-state index in [1.54, 1.807) is 30.3 Å². The van der Waals surface area contributed by atoms with Crippen LogP contribution < -0.4 is 10.1 Å². The lowest BCUT2D eigenvalue weighted by atomic mass is 10.2. The Morgan fingerprint density at radius 2 is 2.00 bits per heavy atom. The number of aryl methyl sites for hydroxylation is 1. The van der Waals surface area contributed by atoms with Gasteiger partial charge in [0.1, 0.15) is 17.9 Å². The molecule has 0 spiro atoms. The highest BCUT2D eigenvalue weighted by Crippen LogP contribution is 2.30. The molecule has 0 unspecified atom stereocenters. The molecule has 124 valence electrons. The van der Waals surface area contributed by atoms with Crippen LogP contribution in [0.5, 0.6) is 11.5 Å². The van der Waals surface area contributed by atoms with E-state index >= 15 is 0 Å². The van der Waals surface area contributed by atoms with E-state index in [1.165, 1.54) is 23.7 Å². The van der Waals surface area contributed by atoms with Gasteiger partial charge in [-0.05, 0) is 37.3 Å². The number of rotatable bonds is 4. The second-order valence-corrected chi connectivity index (χ2v) is 6.21. The van der Waals surface area contributed by atoms with Crippen LogP contribution in [0, 0.1) is 12.7 Å². The predicted molar refractivity (Wildman–Crippen MR) is 96.1 cm³/mol. The summed E-state index contributed by atoms with van der Waals surface area (Å²) in [7, 11) is 0. The van der Waals surface area contributed by atoms with Gasteiger partial charge >= 0.3 is 0 Å². The van der Waals surface area contributed by atoms with Crippen molar-refractivity contribution in [3.8, 4) is 11.5 Å². The van der Waals surface area contributed by atoms with Crippen molar-refractivity contribution in [1.82, 2.24) is 15.0 Å². The number of benzene rings is 2. The molecule has 0 amide bonds. The van der Waals surface area contributed by atoms with Gasteiger partial charge in [0.2, 0.25) is 0 Å². The van der Waals surface area contributed by atoms with Crippen molar-refractivity contribution in [3.63, 3.8) is 0 Å². The summed E-state index contributed by atoms with van der Waals surface area (Å²) >= 11 is 1.50. The molecule has 2 aromatic carbocycles. The SMILES string of the molecule is Cc1csc(Nc2ncnc3ccc(Oc4ccccc4F)cc23)n1. The van der Waals surface area contributed by atoms with Crippen molar-refractivity contribution in [2.45, 2.75) is 6.92 Å². The van der Waals surface area contributed by atoms with Crippen LogP contribution in [-0.4, -0.2) is 15.0 Å². The maximum Gasteiger partial charge on any atom is 0.188 e. The Morgan fingerprint density at radius 1 is 1.12 bits per heavy atom. The Labute approximate surface area is 147 Å². The van der Waals surface area contributed by atoms with Crippen LogP contribution in [0.2, 0.25) is 0 Å². The van der Waals surface area contributed by atoms with Gasteiger partial charge in [-0.1, -0.05) is 12.1 Å². The maximum atomic E-state index is 13.8. The van der Waals surface area contributed by atoms with Crippen LogP contribution >= 0.6 is 11.3 Å². The number of fused-ring (bicyclic) bond motifs is 1. The minimum atomic E-state index is -0.413. The van der Waals surface area contributed by atoms with E-state index in [9.17, 15) is 4.39 Å². The van der Waals surface area contributed by atoms with E-state index in [4.69, 9.17) is 4.74 Å². The zero-order valence-corrected chi connectivity index (χ0v) is 14.0. The van der Waals surface area contributed by atoms with Crippen molar-refractivity contribution in [1.29, 1.82) is 0 Å². The molecular formula is C18H13FN4OS. The third-order valence-electron chi connectivity index (χ3n) is 3.52. The van der Waals surface area contributed by atoms with Crippen molar-refractivity contribution < 1.29 is 9.13 Å². The fraction of sp³-hybridized carbons (Fsp3) is 0.0556. The zero-order chi connectivity index (χ0) is 17.2. The molecular weight excluding hydrogens is 339 g/mol. The molecule has 25 heavy (non-hydrogen) atoms. The number of nitrogens with zero attached hydrogens (tertiary/aromatic N) is 3. The number of anilines is 2. The van der Waals surface area contributed by atoms with Crippen LogP contribution in [0.4, 0.5) is 15.3 Å². The average molecular weight is 352 g/mol. The van der Waals surface area contributed by atoms with Gasteiger partial charge in [0.25, 0.3) is 0 Å². The first-order valence-corrected chi connectivity index (χ1v) is 8.43. The molecule has 2 aromatic heterocycles. The summed E-state index contributed by atoms with van der Waals surface area (Å²) in [6.07, 6.45) is 1.49. The lowest BCUT2D eigenvalue weighted by Gasteiger charge is -2.09. The molecule has 0 saturated heterocycles. The van der Waals surface area contributed by atoms with Gasteiger partial charge in [-0.2, -0.15) is 0 Å². The van der Waals surface area contributed by atoms with Crippen LogP contribution in [0.25, 0.3) is 10.9 Å². The van der Waals surface area contributed by atoms with Crippen molar-refractivity contribution in [3.05, 3.63) is 65.7 Å². The lowest BCUT2D eigenvalue weighted by molar-refractivity contribution is 0.443. The number of para-hydroxylation sites is 1. The maximum absolute atomic E-state index is 13.8. The Balaban J connectivity index is 1.71. The van der Waals surface area contributed by atoms with Crippen LogP contribution in [0.3, 0.4) is 0 Å². The molecule has 7 heteroatoms. The number of nitrogens with one attached hydrogen (secondary N) is 1. The molecule has 0 aliphatic heterocycles. The topological polar surface area (TPSA) is 59.9 Å². The molecule has 1 N–H and O–H groups in total. The number of halogens is 1. The van der Waals surface area contributed by atoms with Crippen molar-refractivity contribution >= 4 is 33.2 Å². The zero-order valence-electron chi connectivity index (χ0n) is 13.2. The molecule has 0 saturated carbocycles. The lowest BCUT2D eigenvalue weighted by Crippen LogP contribution is -1.96. The van der Waals surface area contributed by atoms with E-state index in [2.05, 4.69) is 20.3 Å². The summed E-state index contributed by atoms with van der Waals surface area (Å²) in [5.74, 6) is 0.886. The van der Waals surface area contributed by atoms with Gasteiger partial charge in [0.05, 0.1) is 11.2 Å². The molecule has 0 bridgehead atoms. The molecule has 0 atom stereocenters. The van der Waals surface area contributed by atoms with E-state index < -0.39 is 5.82 Å². The highest BCUT2D eigenvalue weighted by atomic mass is 32.1. The van der Waals surface area contributed by atoms with Gasteiger partial charge < -0.3 is 10.1 Å². The first kappa shape index (κ1) is 15.5. The molecule has 0 aliphatic rings. The van der Waals surface area contributed by atoms with Crippen molar-refractivity contribution in [2.24, 2.45) is 0 Å². The van der Waals surface area contributed by atoms with Crippen LogP contribution in [0.15, 0.2) is 54.2 Å². The van der Waals surface area contributed by atoms with Gasteiger partial charge in [0, 0.05) is 10.8 Å². The Hall–Kier alpha value is -3.06. The minimum absolute atomic E-state index is 0.170. The first-order chi connectivity index (χ1) is 12.2. The first-order valence-electron chi connectivity index (χ1n) is 7.55. The number of thiazole rings is 1. The second-order valence-electron chi connectivity index (χ2n) is 5.35. The van der Waals surface area contributed by atoms with E-state index in [1.807, 2.05) is 18.4 Å². The standard InChI is InChI=1S/C18H13FN4OS/c1-11-9-25-18(22-11)23-17-13-8-12(6-7-15(13)20-10-21-17)24-16-5-3-2-4-14(16)19/h2-10H,1H3,(H,20,21,22,23). The normalized spacial score (nSPS) is 10.8. The summed E-state index contributed by atoms with van der Waals surface area (Å²) in [5, 5.41) is 6.67. The Kier molecular flexibility index (Phi) is 3.99. The molecule has 0 fully saturated rings. The van der Waals surface area contributed by atoms with E-state index in [-0.39, 0.29) is 5.75 Å². The molecule has 4 rings (SSSR count). The molecule has 0 radical (unpaired) electrons. The minimum Gasteiger partial charge on any atom is -0.454 e. The summed E-state index contributed by atoms with van der Waals surface area (Å²) in [5.41, 5.74) is 1.70. The monoisotopic (exact) mass is 352 g/mol.